The van der Waals surface area contributed by atoms with Gasteiger partial charge in [0.1, 0.15) is 4.75 Å². The lowest BCUT2D eigenvalue weighted by Crippen LogP contribution is -2.51. The van der Waals surface area contributed by atoms with Crippen LogP contribution in [0.15, 0.2) is 30.6 Å². The molecule has 2 aliphatic heterocycles. The first kappa shape index (κ1) is 23.6. The number of anilines is 1. The first-order chi connectivity index (χ1) is 15.4. The molecule has 1 N–H and O–H groups in total. The Morgan fingerprint density at radius 2 is 1.85 bits per heavy atom. The topological polar surface area (TPSA) is 101 Å². The van der Waals surface area contributed by atoms with Crippen molar-refractivity contribution in [2.75, 3.05) is 25.1 Å². The van der Waals surface area contributed by atoms with E-state index in [9.17, 15) is 13.2 Å². The molecule has 1 saturated heterocycles. The van der Waals surface area contributed by atoms with Crippen LogP contribution >= 0.6 is 0 Å². The van der Waals surface area contributed by atoms with E-state index in [1.165, 1.54) is 19.5 Å². The van der Waals surface area contributed by atoms with Crippen LogP contribution in [0.3, 0.4) is 0 Å². The molecule has 10 heteroatoms. The van der Waals surface area contributed by atoms with Crippen molar-refractivity contribution in [3.05, 3.63) is 47.4 Å². The zero-order valence-electron chi connectivity index (χ0n) is 19.5. The number of carbonyl (C=O) groups is 1. The van der Waals surface area contributed by atoms with Crippen molar-refractivity contribution in [1.29, 1.82) is 0 Å². The Morgan fingerprint density at radius 1 is 1.18 bits per heavy atom. The summed E-state index contributed by atoms with van der Waals surface area (Å²) >= 11 is 0. The number of rotatable bonds is 5. The Kier molecular flexibility index (Phi) is 5.52. The van der Waals surface area contributed by atoms with Crippen LogP contribution < -0.4 is 15.0 Å². The summed E-state index contributed by atoms with van der Waals surface area (Å²) in [7, 11) is -2.73. The average Bonchev–Trinajstić information content (AvgIpc) is 2.98. The maximum absolute atomic E-state index is 15.0. The van der Waals surface area contributed by atoms with Gasteiger partial charge in [0.15, 0.2) is 9.84 Å². The molecule has 0 aliphatic carbocycles. The van der Waals surface area contributed by atoms with Crippen molar-refractivity contribution in [1.82, 2.24) is 15.3 Å². The minimum absolute atomic E-state index is 0.212. The summed E-state index contributed by atoms with van der Waals surface area (Å²) in [6.45, 7) is 6.74. The van der Waals surface area contributed by atoms with Crippen molar-refractivity contribution >= 4 is 21.4 Å². The lowest BCUT2D eigenvalue weighted by atomic mass is 9.89. The average molecular weight is 477 g/mol. The number of carbonyl (C=O) groups excluding carboxylic acids is 1. The number of pyridine rings is 2. The lowest BCUT2D eigenvalue weighted by Gasteiger charge is -2.40. The second-order valence-electron chi connectivity index (χ2n) is 9.49. The van der Waals surface area contributed by atoms with Crippen LogP contribution in [-0.2, 0) is 20.1 Å². The molecule has 4 rings (SSSR count). The fourth-order valence-electron chi connectivity index (χ4n) is 4.92. The predicted octanol–water partition coefficient (Wildman–Crippen LogP) is 3.08. The number of alkyl halides is 1. The van der Waals surface area contributed by atoms with E-state index in [1.54, 1.807) is 23.1 Å². The standard InChI is InChI=1S/C23H29FN4O4S/c1-21(2)19-17(6-7-18(27-19)32-5)20(29)28(21)16-12-15(13-26-14-16)23(8-10-25-11-9-23)33(30,31)22(3,4)24/h6-7,12-14,25H,8-11H2,1-5H3. The van der Waals surface area contributed by atoms with E-state index in [0.29, 0.717) is 41.5 Å². The van der Waals surface area contributed by atoms with Gasteiger partial charge in [-0.15, -0.1) is 0 Å². The van der Waals surface area contributed by atoms with Gasteiger partial charge < -0.3 is 10.1 Å². The highest BCUT2D eigenvalue weighted by atomic mass is 32.2. The number of fused-ring (bicyclic) bond motifs is 1. The van der Waals surface area contributed by atoms with Gasteiger partial charge in [0.05, 0.1) is 35.8 Å². The summed E-state index contributed by atoms with van der Waals surface area (Å²) in [5, 5.41) is 0.723. The highest BCUT2D eigenvalue weighted by Crippen LogP contribution is 2.47. The fourth-order valence-corrected chi connectivity index (χ4v) is 7.01. The molecule has 0 radical (unpaired) electrons. The number of nitrogens with one attached hydrogen (secondary N) is 1. The van der Waals surface area contributed by atoms with Crippen LogP contribution in [-0.4, -0.2) is 49.5 Å². The molecule has 1 fully saturated rings. The number of methoxy groups -OCH3 is 1. The zero-order chi connectivity index (χ0) is 24.2. The molecule has 2 aliphatic rings. The van der Waals surface area contributed by atoms with E-state index in [-0.39, 0.29) is 18.7 Å². The second-order valence-corrected chi connectivity index (χ2v) is 12.3. The van der Waals surface area contributed by atoms with Gasteiger partial charge in [-0.2, -0.15) is 0 Å². The largest absolute Gasteiger partial charge is 0.481 e. The van der Waals surface area contributed by atoms with E-state index in [2.05, 4.69) is 15.3 Å². The second kappa shape index (κ2) is 7.73. The summed E-state index contributed by atoms with van der Waals surface area (Å²) in [5.41, 5.74) is 0.994. The van der Waals surface area contributed by atoms with Gasteiger partial charge in [-0.05, 0) is 71.3 Å². The maximum atomic E-state index is 15.0. The van der Waals surface area contributed by atoms with Gasteiger partial charge in [-0.25, -0.2) is 17.8 Å². The Hall–Kier alpha value is -2.59. The van der Waals surface area contributed by atoms with Gasteiger partial charge in [0, 0.05) is 12.3 Å². The molecular weight excluding hydrogens is 447 g/mol. The number of nitrogens with zero attached hydrogens (tertiary/aromatic N) is 3. The molecule has 0 unspecified atom stereocenters. The van der Waals surface area contributed by atoms with Crippen molar-refractivity contribution < 1.29 is 22.3 Å². The monoisotopic (exact) mass is 476 g/mol. The zero-order valence-corrected chi connectivity index (χ0v) is 20.3. The van der Waals surface area contributed by atoms with E-state index < -0.39 is 25.1 Å². The Bertz CT molecular complexity index is 1200. The van der Waals surface area contributed by atoms with E-state index in [4.69, 9.17) is 4.74 Å². The molecule has 2 aromatic heterocycles. The van der Waals surface area contributed by atoms with Gasteiger partial charge in [-0.3, -0.25) is 14.7 Å². The van der Waals surface area contributed by atoms with Gasteiger partial charge in [-0.1, -0.05) is 0 Å². The minimum Gasteiger partial charge on any atom is -0.481 e. The van der Waals surface area contributed by atoms with Crippen LogP contribution in [0.25, 0.3) is 0 Å². The fraction of sp³-hybridized carbons (Fsp3) is 0.522. The smallest absolute Gasteiger partial charge is 0.261 e. The molecule has 33 heavy (non-hydrogen) atoms. The van der Waals surface area contributed by atoms with Crippen LogP contribution in [0, 0.1) is 0 Å². The Morgan fingerprint density at radius 3 is 2.45 bits per heavy atom. The van der Waals surface area contributed by atoms with Crippen LogP contribution in [0.2, 0.25) is 0 Å². The summed E-state index contributed by atoms with van der Waals surface area (Å²) in [6, 6.07) is 4.96. The number of hydrogen-bond acceptors (Lipinski definition) is 7. The molecule has 178 valence electrons. The summed E-state index contributed by atoms with van der Waals surface area (Å²) in [6.07, 6.45) is 3.42. The number of hydrogen-bond donors (Lipinski definition) is 1. The highest BCUT2D eigenvalue weighted by molar-refractivity contribution is 7.93. The number of piperidine rings is 1. The molecule has 0 saturated carbocycles. The van der Waals surface area contributed by atoms with Crippen molar-refractivity contribution in [2.24, 2.45) is 0 Å². The number of amides is 1. The molecular formula is C23H29FN4O4S. The summed E-state index contributed by atoms with van der Waals surface area (Å²) < 4.78 is 45.7. The van der Waals surface area contributed by atoms with Gasteiger partial charge in [0.25, 0.3) is 5.91 Å². The Labute approximate surface area is 193 Å². The number of ether oxygens (including phenoxy) is 1. The molecule has 4 heterocycles. The summed E-state index contributed by atoms with van der Waals surface area (Å²) in [5.74, 6) is 0.130. The number of aromatic nitrogens is 2. The van der Waals surface area contributed by atoms with Crippen molar-refractivity contribution in [2.45, 2.75) is 55.8 Å². The quantitative estimate of drug-likeness (QED) is 0.708. The van der Waals surface area contributed by atoms with Gasteiger partial charge >= 0.3 is 0 Å². The highest BCUT2D eigenvalue weighted by Gasteiger charge is 2.54. The van der Waals surface area contributed by atoms with Crippen LogP contribution in [0.5, 0.6) is 5.88 Å². The van der Waals surface area contributed by atoms with Crippen molar-refractivity contribution in [3.63, 3.8) is 0 Å². The minimum atomic E-state index is -4.24. The van der Waals surface area contributed by atoms with E-state index >= 15 is 4.39 Å². The molecule has 0 atom stereocenters. The molecule has 2 aromatic rings. The Balaban J connectivity index is 1.85. The predicted molar refractivity (Wildman–Crippen MR) is 123 cm³/mol. The third kappa shape index (κ3) is 3.42. The van der Waals surface area contributed by atoms with Crippen LogP contribution in [0.4, 0.5) is 10.1 Å². The lowest BCUT2D eigenvalue weighted by molar-refractivity contribution is 0.0982. The third-order valence-electron chi connectivity index (χ3n) is 6.72. The van der Waals surface area contributed by atoms with Crippen LogP contribution in [0.1, 0.15) is 62.2 Å². The maximum Gasteiger partial charge on any atom is 0.261 e. The SMILES string of the molecule is COc1ccc2c(n1)C(C)(C)N(c1cncc(C3(S(=O)(=O)C(C)(C)F)CCNCC3)c1)C2=O. The number of halogens is 1. The molecule has 0 spiro atoms. The molecule has 0 bridgehead atoms. The van der Waals surface area contributed by atoms with E-state index in [1.807, 2.05) is 13.8 Å². The van der Waals surface area contributed by atoms with E-state index in [0.717, 1.165) is 13.8 Å². The first-order valence-corrected chi connectivity index (χ1v) is 12.3. The van der Waals surface area contributed by atoms with Gasteiger partial charge in [0.2, 0.25) is 10.9 Å². The third-order valence-corrected chi connectivity index (χ3v) is 9.67. The van der Waals surface area contributed by atoms with Crippen molar-refractivity contribution in [3.8, 4) is 5.88 Å². The molecule has 0 aromatic carbocycles. The molecule has 1 amide bonds. The first-order valence-electron chi connectivity index (χ1n) is 10.9. The molecule has 8 nitrogen and oxygen atoms in total. The number of sulfone groups is 1. The normalized spacial score (nSPS) is 19.9. The summed E-state index contributed by atoms with van der Waals surface area (Å²) in [4.78, 5) is 23.7.